The summed E-state index contributed by atoms with van der Waals surface area (Å²) < 4.78 is 0. The molecule has 18 heavy (non-hydrogen) atoms. The highest BCUT2D eigenvalue weighted by molar-refractivity contribution is 8.04. The van der Waals surface area contributed by atoms with E-state index in [0.29, 0.717) is 0 Å². The number of halogens is 5. The molecular formula is C10H4Cl5NOS. The Labute approximate surface area is 133 Å². The topological polar surface area (TPSA) is 40.9 Å². The number of alkyl halides is 2. The molecule has 0 bridgehead atoms. The molecule has 2 nitrogen and oxygen atoms in total. The molecule has 0 heterocycles. The summed E-state index contributed by atoms with van der Waals surface area (Å²) in [4.78, 5) is 10.9. The van der Waals surface area contributed by atoms with Crippen molar-refractivity contribution in [2.45, 2.75) is 4.84 Å². The molecule has 1 rings (SSSR count). The van der Waals surface area contributed by atoms with Crippen LogP contribution in [0.25, 0.3) is 0 Å². The number of thioether (sulfide) groups is 1. The predicted molar refractivity (Wildman–Crippen MR) is 78.3 cm³/mol. The summed E-state index contributed by atoms with van der Waals surface area (Å²) in [6.07, 6.45) is 0. The Hall–Kier alpha value is 0.180. The highest BCUT2D eigenvalue weighted by Crippen LogP contribution is 2.41. The van der Waals surface area contributed by atoms with Crippen molar-refractivity contribution in [1.82, 2.24) is 0 Å². The monoisotopic (exact) mass is 361 g/mol. The number of nitriles is 1. The number of thiocyanates is 1. The van der Waals surface area contributed by atoms with E-state index in [1.165, 1.54) is 6.07 Å². The van der Waals surface area contributed by atoms with Gasteiger partial charge in [-0.1, -0.05) is 58.0 Å². The van der Waals surface area contributed by atoms with Crippen molar-refractivity contribution in [3.63, 3.8) is 0 Å². The molecule has 0 N–H and O–H groups in total. The number of Topliss-reactive ketones (excluding diaryl/α,β-unsaturated/α-hetero) is 1. The highest BCUT2D eigenvalue weighted by Gasteiger charge is 2.23. The van der Waals surface area contributed by atoms with Gasteiger partial charge in [0.05, 0.1) is 21.4 Å². The Morgan fingerprint density at radius 3 is 2.44 bits per heavy atom. The maximum absolute atomic E-state index is 11.9. The summed E-state index contributed by atoms with van der Waals surface area (Å²) in [6.45, 7) is 0. The normalized spacial score (nSPS) is 10.5. The molecule has 0 saturated heterocycles. The molecule has 96 valence electrons. The Morgan fingerprint density at radius 2 is 1.94 bits per heavy atom. The van der Waals surface area contributed by atoms with Crippen LogP contribution < -0.4 is 0 Å². The fourth-order valence-corrected chi connectivity index (χ4v) is 3.44. The van der Waals surface area contributed by atoms with Gasteiger partial charge >= 0.3 is 0 Å². The van der Waals surface area contributed by atoms with Crippen LogP contribution in [0.2, 0.25) is 15.1 Å². The lowest BCUT2D eigenvalue weighted by atomic mass is 10.1. The summed E-state index contributed by atoms with van der Waals surface area (Å²) in [7, 11) is 0. The molecule has 1 aromatic carbocycles. The van der Waals surface area contributed by atoms with Crippen LogP contribution in [0.4, 0.5) is 0 Å². The smallest absolute Gasteiger partial charge is 0.176 e. The van der Waals surface area contributed by atoms with E-state index in [1.54, 1.807) is 5.40 Å². The maximum atomic E-state index is 11.9. The molecule has 0 aliphatic carbocycles. The fraction of sp³-hybridized carbons (Fsp3) is 0.200. The molecule has 0 spiro atoms. The standard InChI is InChI=1S/C10H4Cl5NOS/c11-4-1-5(12)8(10(14)15)9(13)7(4)6(17)2-18-3-16/h1,10H,2H2. The molecule has 0 fully saturated rings. The van der Waals surface area contributed by atoms with Gasteiger partial charge in [0, 0.05) is 10.6 Å². The van der Waals surface area contributed by atoms with Crippen molar-refractivity contribution in [2.24, 2.45) is 0 Å². The quantitative estimate of drug-likeness (QED) is 0.402. The van der Waals surface area contributed by atoms with E-state index in [4.69, 9.17) is 63.3 Å². The van der Waals surface area contributed by atoms with E-state index in [1.807, 2.05) is 0 Å². The van der Waals surface area contributed by atoms with Crippen molar-refractivity contribution in [1.29, 1.82) is 5.26 Å². The number of carbonyl (C=O) groups excluding carboxylic acids is 1. The Balaban J connectivity index is 3.32. The Bertz CT molecular complexity index is 526. The SMILES string of the molecule is N#CSCC(=O)c1c(Cl)cc(Cl)c(C(Cl)Cl)c1Cl. The molecule has 0 aromatic heterocycles. The number of carbonyl (C=O) groups is 1. The van der Waals surface area contributed by atoms with Crippen molar-refractivity contribution in [3.05, 3.63) is 32.3 Å². The Morgan fingerprint density at radius 1 is 1.33 bits per heavy atom. The first kappa shape index (κ1) is 16.2. The molecular weight excluding hydrogens is 359 g/mol. The minimum Gasteiger partial charge on any atom is -0.293 e. The maximum Gasteiger partial charge on any atom is 0.176 e. The number of hydrogen-bond donors (Lipinski definition) is 0. The third-order valence-electron chi connectivity index (χ3n) is 1.97. The van der Waals surface area contributed by atoms with Crippen LogP contribution in [0.5, 0.6) is 0 Å². The zero-order valence-corrected chi connectivity index (χ0v) is 13.1. The Kier molecular flexibility index (Phi) is 6.40. The van der Waals surface area contributed by atoms with Crippen LogP contribution in [0, 0.1) is 10.7 Å². The van der Waals surface area contributed by atoms with E-state index in [-0.39, 0.29) is 37.7 Å². The first-order valence-corrected chi connectivity index (χ1v) is 7.39. The van der Waals surface area contributed by atoms with Crippen LogP contribution in [-0.2, 0) is 0 Å². The first-order valence-electron chi connectivity index (χ1n) is 4.39. The molecule has 0 radical (unpaired) electrons. The lowest BCUT2D eigenvalue weighted by Gasteiger charge is -2.13. The third kappa shape index (κ3) is 3.60. The molecule has 0 saturated carbocycles. The summed E-state index contributed by atoms with van der Waals surface area (Å²) >= 11 is 30.1. The average molecular weight is 363 g/mol. The zero-order chi connectivity index (χ0) is 13.9. The third-order valence-corrected chi connectivity index (χ3v) is 3.95. The zero-order valence-electron chi connectivity index (χ0n) is 8.52. The second-order valence-electron chi connectivity index (χ2n) is 3.05. The van der Waals surface area contributed by atoms with Gasteiger partial charge in [-0.15, -0.1) is 0 Å². The average Bonchev–Trinajstić information content (AvgIpc) is 2.24. The van der Waals surface area contributed by atoms with Crippen LogP contribution >= 0.6 is 69.8 Å². The van der Waals surface area contributed by atoms with E-state index < -0.39 is 4.84 Å². The van der Waals surface area contributed by atoms with Gasteiger partial charge < -0.3 is 0 Å². The van der Waals surface area contributed by atoms with E-state index in [9.17, 15) is 4.79 Å². The van der Waals surface area contributed by atoms with Gasteiger partial charge in [0.2, 0.25) is 0 Å². The number of hydrogen-bond acceptors (Lipinski definition) is 3. The molecule has 1 aromatic rings. The second-order valence-corrected chi connectivity index (χ2v) is 6.10. The molecule has 8 heteroatoms. The number of rotatable bonds is 4. The van der Waals surface area contributed by atoms with Crippen LogP contribution in [0.15, 0.2) is 6.07 Å². The number of ketones is 1. The van der Waals surface area contributed by atoms with Crippen LogP contribution in [-0.4, -0.2) is 11.5 Å². The molecule has 0 aliphatic heterocycles. The van der Waals surface area contributed by atoms with Gasteiger partial charge in [-0.3, -0.25) is 4.79 Å². The summed E-state index contributed by atoms with van der Waals surface area (Å²) in [5.74, 6) is -0.449. The van der Waals surface area contributed by atoms with Crippen molar-refractivity contribution in [2.75, 3.05) is 5.75 Å². The highest BCUT2D eigenvalue weighted by atomic mass is 35.5. The van der Waals surface area contributed by atoms with Gasteiger partial charge in [-0.25, -0.2) is 0 Å². The molecule has 0 amide bonds. The van der Waals surface area contributed by atoms with Gasteiger partial charge in [0.15, 0.2) is 5.78 Å². The molecule has 0 atom stereocenters. The lowest BCUT2D eigenvalue weighted by Crippen LogP contribution is -2.06. The molecule has 0 aliphatic rings. The van der Waals surface area contributed by atoms with Gasteiger partial charge in [0.1, 0.15) is 10.2 Å². The minimum absolute atomic E-state index is 0.0195. The summed E-state index contributed by atoms with van der Waals surface area (Å²) in [5.41, 5.74) is 0.308. The molecule has 0 unspecified atom stereocenters. The minimum atomic E-state index is -0.975. The summed E-state index contributed by atoms with van der Waals surface area (Å²) in [5, 5.41) is 10.5. The number of benzene rings is 1. The van der Waals surface area contributed by atoms with E-state index in [2.05, 4.69) is 0 Å². The number of nitrogens with zero attached hydrogens (tertiary/aromatic N) is 1. The van der Waals surface area contributed by atoms with Crippen molar-refractivity contribution >= 4 is 75.5 Å². The predicted octanol–water partition coefficient (Wildman–Crippen LogP) is 5.52. The van der Waals surface area contributed by atoms with E-state index >= 15 is 0 Å². The fourth-order valence-electron chi connectivity index (χ4n) is 1.23. The van der Waals surface area contributed by atoms with Crippen LogP contribution in [0.1, 0.15) is 20.8 Å². The lowest BCUT2D eigenvalue weighted by molar-refractivity contribution is 0.102. The van der Waals surface area contributed by atoms with Crippen molar-refractivity contribution < 1.29 is 4.79 Å². The van der Waals surface area contributed by atoms with E-state index in [0.717, 1.165) is 11.8 Å². The first-order chi connectivity index (χ1) is 8.40. The van der Waals surface area contributed by atoms with Crippen molar-refractivity contribution in [3.8, 4) is 5.40 Å². The van der Waals surface area contributed by atoms with Gasteiger partial charge in [-0.05, 0) is 17.8 Å². The summed E-state index contributed by atoms with van der Waals surface area (Å²) in [6, 6.07) is 1.35. The largest absolute Gasteiger partial charge is 0.293 e. The van der Waals surface area contributed by atoms with Gasteiger partial charge in [0.25, 0.3) is 0 Å². The van der Waals surface area contributed by atoms with Gasteiger partial charge in [-0.2, -0.15) is 5.26 Å². The second kappa shape index (κ2) is 7.09. The van der Waals surface area contributed by atoms with Crippen LogP contribution in [0.3, 0.4) is 0 Å².